The Morgan fingerprint density at radius 3 is 2.47 bits per heavy atom. The summed E-state index contributed by atoms with van der Waals surface area (Å²) < 4.78 is 0. The lowest BCUT2D eigenvalue weighted by molar-refractivity contribution is -0.384. The van der Waals surface area contributed by atoms with Gasteiger partial charge in [0, 0.05) is 30.9 Å². The molecule has 0 aliphatic rings. The number of benzene rings is 1. The first kappa shape index (κ1) is 12.7. The van der Waals surface area contributed by atoms with Gasteiger partial charge in [0.15, 0.2) is 0 Å². The highest BCUT2D eigenvalue weighted by molar-refractivity contribution is 6.05. The molecule has 0 spiro atoms. The third-order valence-electron chi connectivity index (χ3n) is 2.66. The Kier molecular flexibility index (Phi) is 3.51. The number of hydrogen-bond donors (Lipinski definition) is 0. The van der Waals surface area contributed by atoms with Crippen LogP contribution in [0.3, 0.4) is 0 Å². The molecule has 0 bridgehead atoms. The summed E-state index contributed by atoms with van der Waals surface area (Å²) in [6.07, 6.45) is 3.19. The molecule has 19 heavy (non-hydrogen) atoms. The lowest BCUT2D eigenvalue weighted by atomic mass is 10.2. The number of nitro benzene ring substituents is 1. The molecule has 1 heterocycles. The molecule has 96 valence electrons. The quantitative estimate of drug-likeness (QED) is 0.624. The van der Waals surface area contributed by atoms with Gasteiger partial charge >= 0.3 is 0 Å². The minimum absolute atomic E-state index is 0.0411. The highest BCUT2D eigenvalue weighted by atomic mass is 16.6. The second-order valence-corrected chi connectivity index (χ2v) is 3.88. The predicted octanol–water partition coefficient (Wildman–Crippen LogP) is 2.27. The van der Waals surface area contributed by atoms with E-state index in [1.54, 1.807) is 31.6 Å². The fraction of sp³-hybridized carbons (Fsp3) is 0.0769. The molecular weight excluding hydrogens is 246 g/mol. The second kappa shape index (κ2) is 5.26. The van der Waals surface area contributed by atoms with Crippen LogP contribution in [0.1, 0.15) is 10.4 Å². The molecule has 0 aliphatic heterocycles. The SMILES string of the molecule is CN(C(=O)c1ccc([N+](=O)[O-])cc1)c1cccnc1. The maximum atomic E-state index is 12.2. The molecule has 0 atom stereocenters. The average molecular weight is 257 g/mol. The monoisotopic (exact) mass is 257 g/mol. The molecule has 0 saturated carbocycles. The highest BCUT2D eigenvalue weighted by Crippen LogP contribution is 2.16. The molecule has 6 heteroatoms. The molecule has 0 unspecified atom stereocenters. The number of nitro groups is 1. The van der Waals surface area contributed by atoms with E-state index in [1.807, 2.05) is 0 Å². The van der Waals surface area contributed by atoms with Crippen molar-refractivity contribution >= 4 is 17.3 Å². The fourth-order valence-electron chi connectivity index (χ4n) is 1.59. The van der Waals surface area contributed by atoms with Crippen LogP contribution in [0.4, 0.5) is 11.4 Å². The van der Waals surface area contributed by atoms with Gasteiger partial charge in [-0.25, -0.2) is 0 Å². The third kappa shape index (κ3) is 2.74. The van der Waals surface area contributed by atoms with E-state index in [1.165, 1.54) is 29.2 Å². The lowest BCUT2D eigenvalue weighted by Gasteiger charge is -2.16. The van der Waals surface area contributed by atoms with Crippen molar-refractivity contribution in [2.75, 3.05) is 11.9 Å². The van der Waals surface area contributed by atoms with Crippen LogP contribution in [0.5, 0.6) is 0 Å². The van der Waals surface area contributed by atoms with E-state index in [2.05, 4.69) is 4.98 Å². The number of nitrogens with zero attached hydrogens (tertiary/aromatic N) is 3. The second-order valence-electron chi connectivity index (χ2n) is 3.88. The maximum absolute atomic E-state index is 12.2. The van der Waals surface area contributed by atoms with Crippen molar-refractivity contribution in [3.05, 3.63) is 64.5 Å². The smallest absolute Gasteiger partial charge is 0.269 e. The number of rotatable bonds is 3. The zero-order valence-electron chi connectivity index (χ0n) is 10.2. The van der Waals surface area contributed by atoms with Gasteiger partial charge in [-0.3, -0.25) is 19.9 Å². The Bertz CT molecular complexity index is 596. The summed E-state index contributed by atoms with van der Waals surface area (Å²) in [5.74, 6) is -0.247. The minimum Gasteiger partial charge on any atom is -0.310 e. The van der Waals surface area contributed by atoms with Crippen molar-refractivity contribution in [1.29, 1.82) is 0 Å². The summed E-state index contributed by atoms with van der Waals surface area (Å²) in [7, 11) is 1.63. The molecule has 2 rings (SSSR count). The molecule has 0 N–H and O–H groups in total. The highest BCUT2D eigenvalue weighted by Gasteiger charge is 2.14. The zero-order chi connectivity index (χ0) is 13.8. The van der Waals surface area contributed by atoms with Gasteiger partial charge in [-0.05, 0) is 24.3 Å². The molecule has 0 aliphatic carbocycles. The van der Waals surface area contributed by atoms with Gasteiger partial charge in [0.05, 0.1) is 16.8 Å². The summed E-state index contributed by atoms with van der Waals surface area (Å²) in [5.41, 5.74) is 1.00. The topological polar surface area (TPSA) is 76.3 Å². The number of anilines is 1. The lowest BCUT2D eigenvalue weighted by Crippen LogP contribution is -2.26. The van der Waals surface area contributed by atoms with Crippen molar-refractivity contribution in [2.24, 2.45) is 0 Å². The van der Waals surface area contributed by atoms with Gasteiger partial charge in [0.2, 0.25) is 0 Å². The summed E-state index contributed by atoms with van der Waals surface area (Å²) in [6, 6.07) is 8.99. The van der Waals surface area contributed by atoms with Crippen molar-refractivity contribution < 1.29 is 9.72 Å². The van der Waals surface area contributed by atoms with Gasteiger partial charge in [0.25, 0.3) is 11.6 Å². The number of pyridine rings is 1. The number of carbonyl (C=O) groups excluding carboxylic acids is 1. The van der Waals surface area contributed by atoms with E-state index in [4.69, 9.17) is 0 Å². The summed E-state index contributed by atoms with van der Waals surface area (Å²) >= 11 is 0. The summed E-state index contributed by atoms with van der Waals surface area (Å²) in [6.45, 7) is 0. The number of hydrogen-bond acceptors (Lipinski definition) is 4. The van der Waals surface area contributed by atoms with E-state index in [-0.39, 0.29) is 11.6 Å². The number of carbonyl (C=O) groups is 1. The van der Waals surface area contributed by atoms with Crippen LogP contribution in [0.25, 0.3) is 0 Å². The van der Waals surface area contributed by atoms with Crippen molar-refractivity contribution in [3.8, 4) is 0 Å². The van der Waals surface area contributed by atoms with Gasteiger partial charge in [-0.1, -0.05) is 0 Å². The van der Waals surface area contributed by atoms with E-state index in [9.17, 15) is 14.9 Å². The normalized spacial score (nSPS) is 9.95. The van der Waals surface area contributed by atoms with Gasteiger partial charge in [-0.2, -0.15) is 0 Å². The third-order valence-corrected chi connectivity index (χ3v) is 2.66. The Labute approximate surface area is 109 Å². The average Bonchev–Trinajstić information content (AvgIpc) is 2.46. The molecule has 1 aromatic heterocycles. The molecule has 1 amide bonds. The number of aromatic nitrogens is 1. The van der Waals surface area contributed by atoms with Crippen LogP contribution in [-0.4, -0.2) is 22.9 Å². The molecular formula is C13H11N3O3. The molecule has 0 radical (unpaired) electrons. The van der Waals surface area contributed by atoms with E-state index in [0.29, 0.717) is 11.3 Å². The Morgan fingerprint density at radius 2 is 1.95 bits per heavy atom. The Morgan fingerprint density at radius 1 is 1.26 bits per heavy atom. The van der Waals surface area contributed by atoms with Crippen molar-refractivity contribution in [3.63, 3.8) is 0 Å². The van der Waals surface area contributed by atoms with E-state index < -0.39 is 4.92 Å². The van der Waals surface area contributed by atoms with E-state index in [0.717, 1.165) is 0 Å². The Hall–Kier alpha value is -2.76. The largest absolute Gasteiger partial charge is 0.310 e. The molecule has 2 aromatic rings. The minimum atomic E-state index is -0.501. The first-order valence-corrected chi connectivity index (χ1v) is 5.52. The maximum Gasteiger partial charge on any atom is 0.269 e. The molecule has 6 nitrogen and oxygen atoms in total. The van der Waals surface area contributed by atoms with Crippen LogP contribution in [0, 0.1) is 10.1 Å². The molecule has 1 aromatic carbocycles. The van der Waals surface area contributed by atoms with Gasteiger partial charge < -0.3 is 4.90 Å². The van der Waals surface area contributed by atoms with E-state index >= 15 is 0 Å². The number of amides is 1. The first-order chi connectivity index (χ1) is 9.09. The van der Waals surface area contributed by atoms with Crippen LogP contribution < -0.4 is 4.90 Å². The fourth-order valence-corrected chi connectivity index (χ4v) is 1.59. The zero-order valence-corrected chi connectivity index (χ0v) is 10.2. The van der Waals surface area contributed by atoms with Crippen LogP contribution in [0.2, 0.25) is 0 Å². The van der Waals surface area contributed by atoms with Crippen molar-refractivity contribution in [2.45, 2.75) is 0 Å². The summed E-state index contributed by atoms with van der Waals surface area (Å²) in [4.78, 5) is 27.6. The van der Waals surface area contributed by atoms with Crippen LogP contribution >= 0.6 is 0 Å². The van der Waals surface area contributed by atoms with Crippen LogP contribution in [0.15, 0.2) is 48.8 Å². The molecule has 0 fully saturated rings. The summed E-state index contributed by atoms with van der Waals surface area (Å²) in [5, 5.41) is 10.5. The Balaban J connectivity index is 2.22. The van der Waals surface area contributed by atoms with Gasteiger partial charge in [0.1, 0.15) is 0 Å². The van der Waals surface area contributed by atoms with Crippen LogP contribution in [-0.2, 0) is 0 Å². The molecule has 0 saturated heterocycles. The van der Waals surface area contributed by atoms with Crippen molar-refractivity contribution in [1.82, 2.24) is 4.98 Å². The van der Waals surface area contributed by atoms with Gasteiger partial charge in [-0.15, -0.1) is 0 Å². The first-order valence-electron chi connectivity index (χ1n) is 5.52. The predicted molar refractivity (Wildman–Crippen MR) is 70.1 cm³/mol. The standard InChI is InChI=1S/C13H11N3O3/c1-15(12-3-2-8-14-9-12)13(17)10-4-6-11(7-5-10)16(18)19/h2-9H,1H3. The number of non-ortho nitro benzene ring substituents is 1.